The maximum atomic E-state index is 13.6. The maximum Gasteiger partial charge on any atom is 0.309 e. The number of ketones is 1. The van der Waals surface area contributed by atoms with E-state index in [1.807, 2.05) is 0 Å². The van der Waals surface area contributed by atoms with Gasteiger partial charge in [0, 0.05) is 13.0 Å². The van der Waals surface area contributed by atoms with E-state index < -0.39 is 41.7 Å². The normalized spacial score (nSPS) is 43.1. The topological polar surface area (TPSA) is 110 Å². The predicted molar refractivity (Wildman–Crippen MR) is 99.4 cm³/mol. The van der Waals surface area contributed by atoms with Crippen LogP contribution in [0.5, 0.6) is 0 Å². The van der Waals surface area contributed by atoms with Gasteiger partial charge in [0.1, 0.15) is 23.6 Å². The molecule has 0 saturated carbocycles. The zero-order chi connectivity index (χ0) is 20.9. The van der Waals surface area contributed by atoms with Crippen molar-refractivity contribution in [1.82, 2.24) is 4.90 Å². The van der Waals surface area contributed by atoms with Gasteiger partial charge in [-0.05, 0) is 25.7 Å². The van der Waals surface area contributed by atoms with Gasteiger partial charge in [-0.1, -0.05) is 20.3 Å². The molecule has 4 saturated heterocycles. The third-order valence-electron chi connectivity index (χ3n) is 7.31. The third-order valence-corrected chi connectivity index (χ3v) is 7.31. The second-order valence-electron chi connectivity index (χ2n) is 9.00. The van der Waals surface area contributed by atoms with Crippen LogP contribution in [0.25, 0.3) is 0 Å². The van der Waals surface area contributed by atoms with E-state index in [1.54, 1.807) is 18.7 Å². The summed E-state index contributed by atoms with van der Waals surface area (Å²) in [5.41, 5.74) is -1.58. The van der Waals surface area contributed by atoms with E-state index in [9.17, 15) is 24.3 Å². The van der Waals surface area contributed by atoms with Gasteiger partial charge in [-0.15, -0.1) is 0 Å². The Kier molecular flexibility index (Phi) is 5.17. The Morgan fingerprint density at radius 2 is 1.90 bits per heavy atom. The lowest BCUT2D eigenvalue weighted by atomic mass is 9.73. The van der Waals surface area contributed by atoms with Crippen LogP contribution in [0, 0.1) is 17.8 Å². The summed E-state index contributed by atoms with van der Waals surface area (Å²) in [6.07, 6.45) is 0.993. The second kappa shape index (κ2) is 7.38. The Bertz CT molecular complexity index is 737. The lowest BCUT2D eigenvalue weighted by molar-refractivity contribution is -0.175. The number of rotatable bonds is 2. The first-order chi connectivity index (χ1) is 13.8. The molecule has 2 unspecified atom stereocenters. The van der Waals surface area contributed by atoms with Gasteiger partial charge in [0.25, 0.3) is 0 Å². The van der Waals surface area contributed by atoms with Crippen molar-refractivity contribution in [2.24, 2.45) is 17.8 Å². The maximum absolute atomic E-state index is 13.6. The zero-order valence-electron chi connectivity index (χ0n) is 17.0. The highest BCUT2D eigenvalue weighted by molar-refractivity contribution is 5.91. The molecular weight excluding hydrogens is 378 g/mol. The molecular formula is C21H29NO7. The Hall–Kier alpha value is -1.96. The summed E-state index contributed by atoms with van der Waals surface area (Å²) in [5, 5.41) is 11.6. The fourth-order valence-corrected chi connectivity index (χ4v) is 5.59. The first-order valence-electron chi connectivity index (χ1n) is 10.7. The minimum absolute atomic E-state index is 0.000722. The van der Waals surface area contributed by atoms with Crippen molar-refractivity contribution in [3.05, 3.63) is 0 Å². The SMILES string of the molecule is CC[C@]1(O)[C@@H]2OC(=O)CC2C(=O)CC([C@H]2C[C@H](C)C(=O)O2)N2CCCC[C@H]1C2=O. The molecule has 0 aromatic heterocycles. The molecule has 4 heterocycles. The number of amides is 1. The van der Waals surface area contributed by atoms with E-state index in [-0.39, 0.29) is 42.8 Å². The van der Waals surface area contributed by atoms with Gasteiger partial charge >= 0.3 is 11.9 Å². The van der Waals surface area contributed by atoms with Crippen LogP contribution in [0.1, 0.15) is 58.8 Å². The number of cyclic esters (lactones) is 1. The molecule has 8 heteroatoms. The molecule has 4 aliphatic heterocycles. The van der Waals surface area contributed by atoms with Gasteiger partial charge < -0.3 is 19.5 Å². The summed E-state index contributed by atoms with van der Waals surface area (Å²) in [5.74, 6) is -3.09. The Balaban J connectivity index is 1.78. The second-order valence-corrected chi connectivity index (χ2v) is 9.00. The molecule has 1 N–H and O–H groups in total. The quantitative estimate of drug-likeness (QED) is 0.680. The Labute approximate surface area is 169 Å². The van der Waals surface area contributed by atoms with Crippen LogP contribution in [-0.2, 0) is 28.7 Å². The molecule has 0 radical (unpaired) electrons. The Morgan fingerprint density at radius 1 is 1.14 bits per heavy atom. The summed E-state index contributed by atoms with van der Waals surface area (Å²) >= 11 is 0. The van der Waals surface area contributed by atoms with Crippen LogP contribution in [0.2, 0.25) is 0 Å². The monoisotopic (exact) mass is 407 g/mol. The van der Waals surface area contributed by atoms with Crippen molar-refractivity contribution in [3.8, 4) is 0 Å². The number of fused-ring (bicyclic) bond motifs is 3. The number of aliphatic hydroxyl groups is 1. The van der Waals surface area contributed by atoms with Crippen LogP contribution >= 0.6 is 0 Å². The zero-order valence-corrected chi connectivity index (χ0v) is 17.0. The number of esters is 2. The summed E-state index contributed by atoms with van der Waals surface area (Å²) < 4.78 is 11.0. The van der Waals surface area contributed by atoms with Crippen molar-refractivity contribution in [2.45, 2.75) is 82.6 Å². The van der Waals surface area contributed by atoms with Crippen LogP contribution in [-0.4, -0.2) is 64.0 Å². The van der Waals surface area contributed by atoms with Gasteiger partial charge in [-0.25, -0.2) is 0 Å². The number of carbonyl (C=O) groups is 4. The molecule has 1 amide bonds. The molecule has 160 valence electrons. The molecule has 4 aliphatic rings. The molecule has 2 bridgehead atoms. The van der Waals surface area contributed by atoms with Gasteiger partial charge in [-0.3, -0.25) is 19.2 Å². The minimum atomic E-state index is -1.58. The van der Waals surface area contributed by atoms with E-state index in [4.69, 9.17) is 9.47 Å². The number of ether oxygens (including phenoxy) is 2. The molecule has 7 atom stereocenters. The van der Waals surface area contributed by atoms with E-state index in [0.29, 0.717) is 19.4 Å². The van der Waals surface area contributed by atoms with Crippen molar-refractivity contribution in [1.29, 1.82) is 0 Å². The average Bonchev–Trinajstić information content (AvgIpc) is 3.17. The molecule has 29 heavy (non-hydrogen) atoms. The molecule has 0 spiro atoms. The number of carbonyl (C=O) groups excluding carboxylic acids is 4. The van der Waals surface area contributed by atoms with Crippen LogP contribution in [0.4, 0.5) is 0 Å². The van der Waals surface area contributed by atoms with Crippen molar-refractivity contribution >= 4 is 23.6 Å². The van der Waals surface area contributed by atoms with Crippen LogP contribution in [0.15, 0.2) is 0 Å². The summed E-state index contributed by atoms with van der Waals surface area (Å²) in [4.78, 5) is 52.6. The smallest absolute Gasteiger partial charge is 0.309 e. The van der Waals surface area contributed by atoms with E-state index in [2.05, 4.69) is 0 Å². The van der Waals surface area contributed by atoms with Gasteiger partial charge in [0.05, 0.1) is 30.2 Å². The Morgan fingerprint density at radius 3 is 2.55 bits per heavy atom. The number of nitrogens with zero attached hydrogens (tertiary/aromatic N) is 1. The number of Topliss-reactive ketones (excluding diaryl/α,β-unsaturated/α-hetero) is 1. The highest BCUT2D eigenvalue weighted by atomic mass is 16.6. The van der Waals surface area contributed by atoms with Crippen LogP contribution < -0.4 is 0 Å². The molecule has 0 aromatic carbocycles. The standard InChI is InChI=1S/C21H29NO7/c1-3-21(27)13-6-4-5-7-22(19(13)25)14(16-8-11(2)20(26)28-16)10-15(23)12-9-17(24)29-18(12)21/h11-14,16,18,27H,3-10H2,1-2H3/t11-,12?,13-,14?,16+,18+,21+/m0/s1. The summed E-state index contributed by atoms with van der Waals surface area (Å²) in [6, 6.07) is -0.569. The molecule has 0 aliphatic carbocycles. The molecule has 8 nitrogen and oxygen atoms in total. The van der Waals surface area contributed by atoms with Gasteiger partial charge in [-0.2, -0.15) is 0 Å². The first-order valence-corrected chi connectivity index (χ1v) is 10.7. The fraction of sp³-hybridized carbons (Fsp3) is 0.810. The third kappa shape index (κ3) is 3.25. The highest BCUT2D eigenvalue weighted by Crippen LogP contribution is 2.44. The predicted octanol–water partition coefficient (Wildman–Crippen LogP) is 0.981. The fourth-order valence-electron chi connectivity index (χ4n) is 5.59. The summed E-state index contributed by atoms with van der Waals surface area (Å²) in [6.45, 7) is 4.00. The number of hydrogen-bond donors (Lipinski definition) is 1. The van der Waals surface area contributed by atoms with E-state index in [1.165, 1.54) is 0 Å². The van der Waals surface area contributed by atoms with E-state index >= 15 is 0 Å². The van der Waals surface area contributed by atoms with Gasteiger partial charge in [0.15, 0.2) is 0 Å². The lowest BCUT2D eigenvalue weighted by Gasteiger charge is -2.41. The molecule has 0 aromatic rings. The van der Waals surface area contributed by atoms with Gasteiger partial charge in [0.2, 0.25) is 5.91 Å². The first kappa shape index (κ1) is 20.3. The largest absolute Gasteiger partial charge is 0.460 e. The highest BCUT2D eigenvalue weighted by Gasteiger charge is 2.59. The summed E-state index contributed by atoms with van der Waals surface area (Å²) in [7, 11) is 0. The van der Waals surface area contributed by atoms with Crippen LogP contribution in [0.3, 0.4) is 0 Å². The van der Waals surface area contributed by atoms with Crippen molar-refractivity contribution in [3.63, 3.8) is 0 Å². The molecule has 4 rings (SSSR count). The van der Waals surface area contributed by atoms with Crippen molar-refractivity contribution < 1.29 is 33.8 Å². The van der Waals surface area contributed by atoms with E-state index in [0.717, 1.165) is 12.8 Å². The lowest BCUT2D eigenvalue weighted by Crippen LogP contribution is -2.57. The molecule has 4 fully saturated rings. The number of hydrogen-bond acceptors (Lipinski definition) is 7. The minimum Gasteiger partial charge on any atom is -0.460 e. The average molecular weight is 407 g/mol. The van der Waals surface area contributed by atoms with Crippen molar-refractivity contribution in [2.75, 3.05) is 6.54 Å².